The fourth-order valence-electron chi connectivity index (χ4n) is 4.34. The summed E-state index contributed by atoms with van der Waals surface area (Å²) in [5.74, 6) is -3.70. The summed E-state index contributed by atoms with van der Waals surface area (Å²) < 4.78 is 39.8. The number of carbonyl (C=O) groups is 2. The average molecular weight is 406 g/mol. The number of halogens is 3. The first kappa shape index (κ1) is 24.7. The van der Waals surface area contributed by atoms with Crippen LogP contribution in [-0.4, -0.2) is 34.7 Å². The second kappa shape index (κ2) is 11.6. The Labute approximate surface area is 165 Å². The third-order valence-electron chi connectivity index (χ3n) is 6.00. The van der Waals surface area contributed by atoms with Crippen molar-refractivity contribution in [3.8, 4) is 0 Å². The van der Waals surface area contributed by atoms with Gasteiger partial charge in [0.15, 0.2) is 0 Å². The van der Waals surface area contributed by atoms with E-state index in [1.165, 1.54) is 6.08 Å². The van der Waals surface area contributed by atoms with Gasteiger partial charge in [0, 0.05) is 6.42 Å². The molecule has 2 atom stereocenters. The number of aliphatic hydroxyl groups excluding tert-OH is 1. The van der Waals surface area contributed by atoms with E-state index < -0.39 is 29.3 Å². The van der Waals surface area contributed by atoms with Gasteiger partial charge in [-0.25, -0.2) is 0 Å². The Morgan fingerprint density at radius 1 is 1.14 bits per heavy atom. The molecule has 0 aliphatic heterocycles. The van der Waals surface area contributed by atoms with Gasteiger partial charge in [0.1, 0.15) is 11.2 Å². The molecule has 1 rings (SSSR count). The maximum absolute atomic E-state index is 13.3. The van der Waals surface area contributed by atoms with E-state index in [1.807, 2.05) is 6.92 Å². The molecule has 1 unspecified atom stereocenters. The van der Waals surface area contributed by atoms with Crippen molar-refractivity contribution in [2.45, 2.75) is 83.7 Å². The number of hydrogen-bond acceptors (Lipinski definition) is 3. The molecule has 162 valence electrons. The van der Waals surface area contributed by atoms with Crippen molar-refractivity contribution in [2.24, 2.45) is 17.3 Å². The topological polar surface area (TPSA) is 74.6 Å². The Kier molecular flexibility index (Phi) is 10.2. The van der Waals surface area contributed by atoms with Gasteiger partial charge in [-0.15, -0.1) is 0 Å². The third-order valence-corrected chi connectivity index (χ3v) is 6.00. The van der Waals surface area contributed by atoms with Crippen LogP contribution in [0.1, 0.15) is 77.6 Å². The molecule has 0 amide bonds. The minimum atomic E-state index is -4.38. The number of Topliss-reactive ketones (excluding diaryl/α,β-unsaturated/α-hetero) is 1. The zero-order valence-corrected chi connectivity index (χ0v) is 16.6. The van der Waals surface area contributed by atoms with E-state index in [4.69, 9.17) is 5.11 Å². The van der Waals surface area contributed by atoms with Crippen LogP contribution in [0.15, 0.2) is 12.2 Å². The molecule has 0 heterocycles. The van der Waals surface area contributed by atoms with Crippen molar-refractivity contribution in [2.75, 3.05) is 6.61 Å². The van der Waals surface area contributed by atoms with E-state index in [2.05, 4.69) is 0 Å². The summed E-state index contributed by atoms with van der Waals surface area (Å²) in [6.45, 7) is 1.64. The number of ketones is 1. The second-order valence-corrected chi connectivity index (χ2v) is 7.79. The minimum Gasteiger partial charge on any atom is -0.480 e. The van der Waals surface area contributed by atoms with E-state index in [-0.39, 0.29) is 38.2 Å². The highest BCUT2D eigenvalue weighted by molar-refractivity contribution is 6.03. The lowest BCUT2D eigenvalue weighted by Gasteiger charge is -2.34. The lowest BCUT2D eigenvalue weighted by molar-refractivity contribution is -0.179. The van der Waals surface area contributed by atoms with Gasteiger partial charge in [-0.1, -0.05) is 44.8 Å². The number of aliphatic hydroxyl groups is 1. The van der Waals surface area contributed by atoms with Crippen molar-refractivity contribution in [3.05, 3.63) is 12.2 Å². The van der Waals surface area contributed by atoms with Crippen LogP contribution in [0, 0.1) is 17.3 Å². The summed E-state index contributed by atoms with van der Waals surface area (Å²) in [6.07, 6.45) is 2.31. The van der Waals surface area contributed by atoms with E-state index in [1.54, 1.807) is 6.08 Å². The molecule has 1 aliphatic rings. The molecule has 2 N–H and O–H groups in total. The molecular formula is C21H33F3O4. The van der Waals surface area contributed by atoms with Crippen molar-refractivity contribution in [1.82, 2.24) is 0 Å². The quantitative estimate of drug-likeness (QED) is 0.322. The molecule has 4 nitrogen and oxygen atoms in total. The Morgan fingerprint density at radius 3 is 2.29 bits per heavy atom. The maximum Gasteiger partial charge on any atom is 0.391 e. The van der Waals surface area contributed by atoms with Crippen molar-refractivity contribution in [1.29, 1.82) is 0 Å². The normalized spacial score (nSPS) is 19.0. The summed E-state index contributed by atoms with van der Waals surface area (Å²) in [5.41, 5.74) is -1.63. The van der Waals surface area contributed by atoms with Gasteiger partial charge in [0.2, 0.25) is 0 Å². The zero-order chi connectivity index (χ0) is 21.2. The first-order chi connectivity index (χ1) is 13.2. The number of rotatable bonds is 13. The highest BCUT2D eigenvalue weighted by Gasteiger charge is 2.52. The van der Waals surface area contributed by atoms with Gasteiger partial charge in [-0.2, -0.15) is 13.2 Å². The Balaban J connectivity index is 2.98. The summed E-state index contributed by atoms with van der Waals surface area (Å²) >= 11 is 0. The number of carboxylic acid groups (broad SMARTS) is 1. The molecule has 0 aromatic heterocycles. The molecule has 1 aliphatic carbocycles. The van der Waals surface area contributed by atoms with Gasteiger partial charge >= 0.3 is 12.1 Å². The highest BCUT2D eigenvalue weighted by Crippen LogP contribution is 2.46. The van der Waals surface area contributed by atoms with Crippen molar-refractivity contribution < 1.29 is 33.0 Å². The molecular weight excluding hydrogens is 373 g/mol. The summed E-state index contributed by atoms with van der Waals surface area (Å²) in [4.78, 5) is 25.3. The largest absolute Gasteiger partial charge is 0.480 e. The number of unbranched alkanes of at least 4 members (excludes halogenated alkanes) is 1. The third kappa shape index (κ3) is 6.61. The maximum atomic E-state index is 13.3. The number of carboxylic acids is 1. The average Bonchev–Trinajstić information content (AvgIpc) is 3.15. The van der Waals surface area contributed by atoms with Crippen LogP contribution < -0.4 is 0 Å². The van der Waals surface area contributed by atoms with Crippen LogP contribution in [0.5, 0.6) is 0 Å². The van der Waals surface area contributed by atoms with E-state index >= 15 is 0 Å². The monoisotopic (exact) mass is 406 g/mol. The van der Waals surface area contributed by atoms with E-state index in [9.17, 15) is 27.9 Å². The first-order valence-corrected chi connectivity index (χ1v) is 10.3. The summed E-state index contributed by atoms with van der Waals surface area (Å²) in [5, 5.41) is 18.8. The fourth-order valence-corrected chi connectivity index (χ4v) is 4.34. The molecule has 0 aromatic carbocycles. The van der Waals surface area contributed by atoms with Gasteiger partial charge in [-0.05, 0) is 44.4 Å². The van der Waals surface area contributed by atoms with Gasteiger partial charge < -0.3 is 10.2 Å². The van der Waals surface area contributed by atoms with Crippen LogP contribution in [0.2, 0.25) is 0 Å². The van der Waals surface area contributed by atoms with Gasteiger partial charge in [-0.3, -0.25) is 9.59 Å². The Bertz CT molecular complexity index is 524. The lowest BCUT2D eigenvalue weighted by atomic mass is 9.66. The molecule has 1 fully saturated rings. The summed E-state index contributed by atoms with van der Waals surface area (Å²) in [6, 6.07) is 0. The van der Waals surface area contributed by atoms with Crippen molar-refractivity contribution >= 4 is 11.8 Å². The zero-order valence-electron chi connectivity index (χ0n) is 16.6. The fraction of sp³-hybridized carbons (Fsp3) is 0.810. The van der Waals surface area contributed by atoms with Crippen LogP contribution in [0.25, 0.3) is 0 Å². The second-order valence-electron chi connectivity index (χ2n) is 7.79. The SMILES string of the molecule is CCCCC(CCC(=O)[C@@](CCC=CCO)(C(=O)O)C1CCCC1)C(F)(F)F. The van der Waals surface area contributed by atoms with Crippen LogP contribution >= 0.6 is 0 Å². The van der Waals surface area contributed by atoms with E-state index in [0.717, 1.165) is 12.8 Å². The predicted molar refractivity (Wildman–Crippen MR) is 101 cm³/mol. The molecule has 0 spiro atoms. The van der Waals surface area contributed by atoms with Gasteiger partial charge in [0.25, 0.3) is 0 Å². The molecule has 0 bridgehead atoms. The summed E-state index contributed by atoms with van der Waals surface area (Å²) in [7, 11) is 0. The molecule has 7 heteroatoms. The molecule has 28 heavy (non-hydrogen) atoms. The molecule has 0 saturated heterocycles. The first-order valence-electron chi connectivity index (χ1n) is 10.3. The number of allylic oxidation sites excluding steroid dienone is 1. The van der Waals surface area contributed by atoms with E-state index in [0.29, 0.717) is 32.1 Å². The smallest absolute Gasteiger partial charge is 0.391 e. The predicted octanol–water partition coefficient (Wildman–Crippen LogP) is 5.29. The van der Waals surface area contributed by atoms with Crippen LogP contribution in [-0.2, 0) is 9.59 Å². The highest BCUT2D eigenvalue weighted by atomic mass is 19.4. The van der Waals surface area contributed by atoms with Crippen molar-refractivity contribution in [3.63, 3.8) is 0 Å². The Morgan fingerprint density at radius 2 is 1.79 bits per heavy atom. The number of carbonyl (C=O) groups excluding carboxylic acids is 1. The molecule has 0 aromatic rings. The van der Waals surface area contributed by atoms with Crippen LogP contribution in [0.3, 0.4) is 0 Å². The minimum absolute atomic E-state index is 0.0317. The van der Waals surface area contributed by atoms with Crippen LogP contribution in [0.4, 0.5) is 13.2 Å². The molecule has 0 radical (unpaired) electrons. The number of aliphatic carboxylic acids is 1. The van der Waals surface area contributed by atoms with Gasteiger partial charge in [0.05, 0.1) is 12.5 Å². The number of hydrogen-bond donors (Lipinski definition) is 2. The lowest BCUT2D eigenvalue weighted by Crippen LogP contribution is -2.45. The molecule has 1 saturated carbocycles. The Hall–Kier alpha value is -1.37. The standard InChI is InChI=1S/C21H33F3O4/c1-2-3-9-17(21(22,23)24)12-13-18(26)20(19(27)28,14-7-4-8-15-25)16-10-5-6-11-16/h4,8,16-17,25H,2-3,5-7,9-15H2,1H3,(H,27,28)/t17?,20-/m0/s1. The number of alkyl halides is 3.